The van der Waals surface area contributed by atoms with Gasteiger partial charge in [-0.25, -0.2) is 13.4 Å². The van der Waals surface area contributed by atoms with Crippen LogP contribution in [0.15, 0.2) is 53.4 Å². The van der Waals surface area contributed by atoms with Gasteiger partial charge in [-0.3, -0.25) is 0 Å². The maximum absolute atomic E-state index is 12.7. The Morgan fingerprint density at radius 2 is 1.97 bits per heavy atom. The number of hydrogen-bond donors (Lipinski definition) is 3. The van der Waals surface area contributed by atoms with E-state index in [1.807, 2.05) is 48.2 Å². The van der Waals surface area contributed by atoms with E-state index in [0.29, 0.717) is 30.3 Å². The number of aromatic nitrogens is 1. The summed E-state index contributed by atoms with van der Waals surface area (Å²) in [6.07, 6.45) is -1.18. The predicted molar refractivity (Wildman–Crippen MR) is 117 cm³/mol. The van der Waals surface area contributed by atoms with Crippen LogP contribution in [0.4, 0.5) is 11.5 Å². The first-order chi connectivity index (χ1) is 14.3. The third kappa shape index (κ3) is 4.26. The van der Waals surface area contributed by atoms with E-state index < -0.39 is 16.1 Å². The van der Waals surface area contributed by atoms with Crippen molar-refractivity contribution in [3.05, 3.63) is 59.7 Å². The summed E-state index contributed by atoms with van der Waals surface area (Å²) in [5, 5.41) is 22.5. The molecular weight excluding hydrogens is 402 g/mol. The molecule has 2 heterocycles. The van der Waals surface area contributed by atoms with Gasteiger partial charge in [0.2, 0.25) is 0 Å². The van der Waals surface area contributed by atoms with Crippen LogP contribution in [0.1, 0.15) is 17.5 Å². The molecule has 2 aromatic carbocycles. The molecule has 0 amide bonds. The molecule has 0 bridgehead atoms. The Balaban J connectivity index is 1.74. The zero-order valence-electron chi connectivity index (χ0n) is 16.7. The van der Waals surface area contributed by atoms with E-state index in [0.717, 1.165) is 27.7 Å². The second kappa shape index (κ2) is 8.22. The van der Waals surface area contributed by atoms with Crippen molar-refractivity contribution >= 4 is 32.2 Å². The summed E-state index contributed by atoms with van der Waals surface area (Å²) < 4.78 is 25.4. The quantitative estimate of drug-likeness (QED) is 0.538. The SMILES string of the molecule is Cc1ccc2nc(N3CCS(=O)(=O)c4ccccc4C3)cc(NCCC(O)O)c2c1. The van der Waals surface area contributed by atoms with Gasteiger partial charge in [0.15, 0.2) is 16.1 Å². The van der Waals surface area contributed by atoms with Gasteiger partial charge in [0.1, 0.15) is 5.82 Å². The Morgan fingerprint density at radius 3 is 2.77 bits per heavy atom. The molecular formula is C22H25N3O4S. The number of sulfone groups is 1. The highest BCUT2D eigenvalue weighted by molar-refractivity contribution is 7.91. The predicted octanol–water partition coefficient (Wildman–Crippen LogP) is 2.45. The number of pyridine rings is 1. The zero-order chi connectivity index (χ0) is 21.3. The molecule has 3 aromatic rings. The summed E-state index contributed by atoms with van der Waals surface area (Å²) in [6.45, 7) is 3.19. The lowest BCUT2D eigenvalue weighted by atomic mass is 10.1. The number of nitrogens with one attached hydrogen (secondary N) is 1. The number of aryl methyl sites for hydroxylation is 1. The molecule has 1 aliphatic heterocycles. The van der Waals surface area contributed by atoms with E-state index in [1.54, 1.807) is 12.1 Å². The third-order valence-electron chi connectivity index (χ3n) is 5.29. The Labute approximate surface area is 175 Å². The molecule has 4 rings (SSSR count). The summed E-state index contributed by atoms with van der Waals surface area (Å²) in [5.41, 5.74) is 3.49. The number of fused-ring (bicyclic) bond motifs is 2. The smallest absolute Gasteiger partial charge is 0.180 e. The number of rotatable bonds is 5. The molecule has 158 valence electrons. The number of hydrogen-bond acceptors (Lipinski definition) is 7. The molecule has 0 aliphatic carbocycles. The number of nitrogens with zero attached hydrogens (tertiary/aromatic N) is 2. The van der Waals surface area contributed by atoms with Crippen LogP contribution in [0, 0.1) is 6.92 Å². The molecule has 8 heteroatoms. The minimum absolute atomic E-state index is 0.0249. The Kier molecular flexibility index (Phi) is 5.64. The monoisotopic (exact) mass is 427 g/mol. The zero-order valence-corrected chi connectivity index (χ0v) is 17.6. The number of aliphatic hydroxyl groups excluding tert-OH is 1. The number of aliphatic hydroxyl groups is 2. The number of anilines is 2. The minimum atomic E-state index is -3.34. The summed E-state index contributed by atoms with van der Waals surface area (Å²) in [6, 6.07) is 15.0. The normalized spacial score (nSPS) is 15.8. The van der Waals surface area contributed by atoms with E-state index in [1.165, 1.54) is 0 Å². The van der Waals surface area contributed by atoms with E-state index in [9.17, 15) is 8.42 Å². The molecule has 0 spiro atoms. The molecule has 30 heavy (non-hydrogen) atoms. The van der Waals surface area contributed by atoms with Gasteiger partial charge in [-0.2, -0.15) is 0 Å². The second-order valence-corrected chi connectivity index (χ2v) is 9.67. The maximum Gasteiger partial charge on any atom is 0.180 e. The largest absolute Gasteiger partial charge is 0.384 e. The second-order valence-electron chi connectivity index (χ2n) is 7.59. The molecule has 7 nitrogen and oxygen atoms in total. The summed E-state index contributed by atoms with van der Waals surface area (Å²) in [5.74, 6) is 0.710. The van der Waals surface area contributed by atoms with Crippen molar-refractivity contribution in [3.63, 3.8) is 0 Å². The molecule has 3 N–H and O–H groups in total. The minimum Gasteiger partial charge on any atom is -0.384 e. The van der Waals surface area contributed by atoms with Gasteiger partial charge in [-0.05, 0) is 30.7 Å². The van der Waals surface area contributed by atoms with Crippen molar-refractivity contribution in [2.45, 2.75) is 31.1 Å². The van der Waals surface area contributed by atoms with Crippen LogP contribution in [0.5, 0.6) is 0 Å². The Morgan fingerprint density at radius 1 is 1.17 bits per heavy atom. The van der Waals surface area contributed by atoms with Crippen molar-refractivity contribution in [1.29, 1.82) is 0 Å². The molecule has 0 fully saturated rings. The van der Waals surface area contributed by atoms with Crippen LogP contribution in [-0.4, -0.2) is 48.7 Å². The molecule has 1 aromatic heterocycles. The van der Waals surface area contributed by atoms with Gasteiger partial charge in [0.25, 0.3) is 0 Å². The van der Waals surface area contributed by atoms with Crippen molar-refractivity contribution in [2.24, 2.45) is 0 Å². The van der Waals surface area contributed by atoms with Crippen molar-refractivity contribution in [2.75, 3.05) is 29.1 Å². The van der Waals surface area contributed by atoms with E-state index in [-0.39, 0.29) is 12.2 Å². The molecule has 1 aliphatic rings. The average Bonchev–Trinajstić information content (AvgIpc) is 2.84. The van der Waals surface area contributed by atoms with Gasteiger partial charge in [0.05, 0.1) is 16.2 Å². The van der Waals surface area contributed by atoms with Crippen LogP contribution >= 0.6 is 0 Å². The highest BCUT2D eigenvalue weighted by Gasteiger charge is 2.26. The van der Waals surface area contributed by atoms with Crippen LogP contribution in [0.2, 0.25) is 0 Å². The van der Waals surface area contributed by atoms with Crippen LogP contribution < -0.4 is 10.2 Å². The lowest BCUT2D eigenvalue weighted by Gasteiger charge is -2.23. The maximum atomic E-state index is 12.7. The van der Waals surface area contributed by atoms with E-state index >= 15 is 0 Å². The molecule has 0 saturated heterocycles. The topological polar surface area (TPSA) is 103 Å². The van der Waals surface area contributed by atoms with Gasteiger partial charge >= 0.3 is 0 Å². The lowest BCUT2D eigenvalue weighted by Crippen LogP contribution is -2.26. The fraction of sp³-hybridized carbons (Fsp3) is 0.318. The van der Waals surface area contributed by atoms with Crippen LogP contribution in [-0.2, 0) is 16.4 Å². The fourth-order valence-electron chi connectivity index (χ4n) is 3.73. The number of benzene rings is 2. The lowest BCUT2D eigenvalue weighted by molar-refractivity contribution is -0.0423. The van der Waals surface area contributed by atoms with Gasteiger partial charge in [0, 0.05) is 43.2 Å². The van der Waals surface area contributed by atoms with Crippen molar-refractivity contribution in [3.8, 4) is 0 Å². The molecule has 0 saturated carbocycles. The van der Waals surface area contributed by atoms with Crippen molar-refractivity contribution in [1.82, 2.24) is 4.98 Å². The van der Waals surface area contributed by atoms with E-state index in [4.69, 9.17) is 15.2 Å². The summed E-state index contributed by atoms with van der Waals surface area (Å²) >= 11 is 0. The highest BCUT2D eigenvalue weighted by atomic mass is 32.2. The molecule has 0 unspecified atom stereocenters. The Bertz CT molecular complexity index is 1180. The standard InChI is InChI=1S/C22H25N3O4S/c1-15-6-7-18-17(12-15)19(23-9-8-22(26)27)13-21(24-18)25-10-11-30(28,29)20-5-3-2-4-16(20)14-25/h2-7,12-13,22,26-27H,8-11,14H2,1H3,(H,23,24). The molecule has 0 radical (unpaired) electrons. The highest BCUT2D eigenvalue weighted by Crippen LogP contribution is 2.31. The summed E-state index contributed by atoms with van der Waals surface area (Å²) in [4.78, 5) is 7.17. The van der Waals surface area contributed by atoms with E-state index in [2.05, 4.69) is 5.32 Å². The third-order valence-corrected chi connectivity index (χ3v) is 7.08. The first kappa shape index (κ1) is 20.6. The van der Waals surface area contributed by atoms with Crippen LogP contribution in [0.3, 0.4) is 0 Å². The van der Waals surface area contributed by atoms with Gasteiger partial charge in [-0.15, -0.1) is 0 Å². The van der Waals surface area contributed by atoms with Gasteiger partial charge in [-0.1, -0.05) is 29.8 Å². The first-order valence-electron chi connectivity index (χ1n) is 9.90. The average molecular weight is 428 g/mol. The first-order valence-corrected chi connectivity index (χ1v) is 11.6. The van der Waals surface area contributed by atoms with Crippen LogP contribution in [0.25, 0.3) is 10.9 Å². The fourth-order valence-corrected chi connectivity index (χ4v) is 5.23. The Hall–Kier alpha value is -2.68. The molecule has 0 atom stereocenters. The van der Waals surface area contributed by atoms with Gasteiger partial charge < -0.3 is 20.4 Å². The van der Waals surface area contributed by atoms with Crippen molar-refractivity contribution < 1.29 is 18.6 Å². The summed E-state index contributed by atoms with van der Waals surface area (Å²) in [7, 11) is -3.34.